The third kappa shape index (κ3) is 4.28. The first-order valence-corrected chi connectivity index (χ1v) is 7.50. The van der Waals surface area contributed by atoms with Crippen molar-refractivity contribution in [3.63, 3.8) is 0 Å². The molecule has 0 atom stereocenters. The predicted octanol–water partition coefficient (Wildman–Crippen LogP) is 5.27. The van der Waals surface area contributed by atoms with E-state index in [1.54, 1.807) is 13.0 Å². The Morgan fingerprint density at radius 1 is 0.923 bits per heavy atom. The fraction of sp³-hybridized carbons (Fsp3) is 0.278. The van der Waals surface area contributed by atoms with Crippen LogP contribution in [0.15, 0.2) is 30.3 Å². The van der Waals surface area contributed by atoms with Gasteiger partial charge in [0.1, 0.15) is 6.07 Å². The van der Waals surface area contributed by atoms with Crippen molar-refractivity contribution in [1.82, 2.24) is 0 Å². The number of anilines is 1. The summed E-state index contributed by atoms with van der Waals surface area (Å²) in [5.41, 5.74) is 4.64. The molecule has 0 unspecified atom stereocenters. The van der Waals surface area contributed by atoms with Crippen LogP contribution in [0.1, 0.15) is 33.4 Å². The Labute approximate surface area is 145 Å². The van der Waals surface area contributed by atoms with Crippen molar-refractivity contribution in [2.24, 2.45) is 0 Å². The van der Waals surface area contributed by atoms with Gasteiger partial charge in [-0.15, -0.1) is 0 Å². The molecule has 0 aliphatic rings. The SMILES string of the molecule is Cc1c(CCc2cc(C(F)(F)F)cc(C(F)(F)F)c2)ccc(N)c1C#N. The van der Waals surface area contributed by atoms with Crippen molar-refractivity contribution in [3.8, 4) is 6.07 Å². The molecule has 0 aliphatic heterocycles. The third-order valence-corrected chi connectivity index (χ3v) is 4.05. The number of hydrogen-bond acceptors (Lipinski definition) is 2. The summed E-state index contributed by atoms with van der Waals surface area (Å²) in [4.78, 5) is 0. The Balaban J connectivity index is 2.37. The Bertz CT molecular complexity index is 827. The molecule has 0 amide bonds. The summed E-state index contributed by atoms with van der Waals surface area (Å²) in [5, 5.41) is 9.08. The highest BCUT2D eigenvalue weighted by atomic mass is 19.4. The molecule has 26 heavy (non-hydrogen) atoms. The number of aryl methyl sites for hydroxylation is 2. The van der Waals surface area contributed by atoms with Gasteiger partial charge in [0.05, 0.1) is 16.7 Å². The number of hydrogen-bond donors (Lipinski definition) is 1. The molecule has 0 bridgehead atoms. The molecule has 0 aliphatic carbocycles. The van der Waals surface area contributed by atoms with Gasteiger partial charge in [-0.05, 0) is 60.7 Å². The van der Waals surface area contributed by atoms with Crippen LogP contribution < -0.4 is 5.73 Å². The second-order valence-electron chi connectivity index (χ2n) is 5.84. The van der Waals surface area contributed by atoms with Gasteiger partial charge in [0, 0.05) is 5.69 Å². The molecule has 0 saturated carbocycles. The van der Waals surface area contributed by atoms with E-state index in [1.165, 1.54) is 6.07 Å². The fourth-order valence-electron chi connectivity index (χ4n) is 2.64. The van der Waals surface area contributed by atoms with Crippen LogP contribution in [-0.2, 0) is 25.2 Å². The first-order chi connectivity index (χ1) is 11.9. The molecule has 2 aromatic rings. The number of benzene rings is 2. The summed E-state index contributed by atoms with van der Waals surface area (Å²) in [6.45, 7) is 1.64. The maximum atomic E-state index is 12.9. The molecule has 0 aromatic heterocycles. The number of nitrogen functional groups attached to an aromatic ring is 1. The van der Waals surface area contributed by atoms with E-state index in [1.807, 2.05) is 6.07 Å². The van der Waals surface area contributed by atoms with E-state index >= 15 is 0 Å². The van der Waals surface area contributed by atoms with Crippen LogP contribution in [0.5, 0.6) is 0 Å². The molecule has 2 N–H and O–H groups in total. The fourth-order valence-corrected chi connectivity index (χ4v) is 2.64. The molecule has 2 nitrogen and oxygen atoms in total. The highest BCUT2D eigenvalue weighted by molar-refractivity contribution is 5.59. The van der Waals surface area contributed by atoms with Gasteiger partial charge in [0.2, 0.25) is 0 Å². The maximum absolute atomic E-state index is 12.9. The van der Waals surface area contributed by atoms with Gasteiger partial charge >= 0.3 is 12.4 Å². The molecule has 2 aromatic carbocycles. The summed E-state index contributed by atoms with van der Waals surface area (Å²) in [7, 11) is 0. The number of halogens is 6. The van der Waals surface area contributed by atoms with E-state index in [2.05, 4.69) is 0 Å². The molecule has 0 spiro atoms. The van der Waals surface area contributed by atoms with Crippen LogP contribution >= 0.6 is 0 Å². The normalized spacial score (nSPS) is 12.1. The summed E-state index contributed by atoms with van der Waals surface area (Å²) < 4.78 is 77.3. The Morgan fingerprint density at radius 2 is 1.46 bits per heavy atom. The highest BCUT2D eigenvalue weighted by Gasteiger charge is 2.36. The van der Waals surface area contributed by atoms with E-state index in [4.69, 9.17) is 11.0 Å². The van der Waals surface area contributed by atoms with Crippen molar-refractivity contribution in [2.45, 2.75) is 32.1 Å². The Hall–Kier alpha value is -2.69. The highest BCUT2D eigenvalue weighted by Crippen LogP contribution is 2.36. The molecule has 2 rings (SSSR count). The van der Waals surface area contributed by atoms with E-state index in [0.29, 0.717) is 23.3 Å². The zero-order chi connectivity index (χ0) is 19.7. The largest absolute Gasteiger partial charge is 0.416 e. The smallest absolute Gasteiger partial charge is 0.398 e. The summed E-state index contributed by atoms with van der Waals surface area (Å²) in [6, 6.07) is 6.58. The molecular weight excluding hydrogens is 358 g/mol. The third-order valence-electron chi connectivity index (χ3n) is 4.05. The van der Waals surface area contributed by atoms with Gasteiger partial charge in [-0.1, -0.05) is 6.07 Å². The van der Waals surface area contributed by atoms with Crippen LogP contribution in [0.3, 0.4) is 0 Å². The van der Waals surface area contributed by atoms with Crippen LogP contribution in [0.2, 0.25) is 0 Å². The quantitative estimate of drug-likeness (QED) is 0.589. The summed E-state index contributed by atoms with van der Waals surface area (Å²) in [5.74, 6) is 0. The first-order valence-electron chi connectivity index (χ1n) is 7.50. The van der Waals surface area contributed by atoms with Crippen LogP contribution in [0, 0.1) is 18.3 Å². The van der Waals surface area contributed by atoms with Crippen LogP contribution in [0.25, 0.3) is 0 Å². The lowest BCUT2D eigenvalue weighted by Crippen LogP contribution is -2.12. The van der Waals surface area contributed by atoms with Crippen LogP contribution in [-0.4, -0.2) is 0 Å². The lowest BCUT2D eigenvalue weighted by atomic mass is 9.95. The topological polar surface area (TPSA) is 49.8 Å². The number of nitrogens with zero attached hydrogens (tertiary/aromatic N) is 1. The van der Waals surface area contributed by atoms with E-state index in [0.717, 1.165) is 0 Å². The minimum Gasteiger partial charge on any atom is -0.398 e. The van der Waals surface area contributed by atoms with Gasteiger partial charge in [0.15, 0.2) is 0 Å². The molecular formula is C18H14F6N2. The zero-order valence-corrected chi connectivity index (χ0v) is 13.6. The van der Waals surface area contributed by atoms with Gasteiger partial charge in [-0.25, -0.2) is 0 Å². The number of rotatable bonds is 3. The van der Waals surface area contributed by atoms with Gasteiger partial charge in [-0.2, -0.15) is 31.6 Å². The molecule has 138 valence electrons. The molecule has 0 radical (unpaired) electrons. The number of nitrogens with two attached hydrogens (primary N) is 1. The molecule has 8 heteroatoms. The first kappa shape index (κ1) is 19.6. The predicted molar refractivity (Wildman–Crippen MR) is 84.2 cm³/mol. The van der Waals surface area contributed by atoms with Gasteiger partial charge in [-0.3, -0.25) is 0 Å². The molecule has 0 saturated heterocycles. The lowest BCUT2D eigenvalue weighted by molar-refractivity contribution is -0.143. The minimum atomic E-state index is -4.87. The van der Waals surface area contributed by atoms with Crippen molar-refractivity contribution in [3.05, 3.63) is 63.7 Å². The maximum Gasteiger partial charge on any atom is 0.416 e. The summed E-state index contributed by atoms with van der Waals surface area (Å²) in [6.07, 6.45) is -9.61. The Kier molecular flexibility index (Phi) is 5.21. The van der Waals surface area contributed by atoms with Gasteiger partial charge in [0.25, 0.3) is 0 Å². The standard InChI is InChI=1S/C18H14F6N2/c1-10-12(4-5-16(26)15(10)9-25)3-2-11-6-13(17(19,20)21)8-14(7-11)18(22,23)24/h4-8H,2-3,26H2,1H3. The van der Waals surface area contributed by atoms with Crippen molar-refractivity contribution >= 4 is 5.69 Å². The lowest BCUT2D eigenvalue weighted by Gasteiger charge is -2.15. The number of alkyl halides is 6. The van der Waals surface area contributed by atoms with E-state index in [9.17, 15) is 26.3 Å². The van der Waals surface area contributed by atoms with Crippen molar-refractivity contribution in [1.29, 1.82) is 5.26 Å². The Morgan fingerprint density at radius 3 is 1.92 bits per heavy atom. The average Bonchev–Trinajstić information content (AvgIpc) is 2.52. The van der Waals surface area contributed by atoms with Crippen molar-refractivity contribution < 1.29 is 26.3 Å². The second kappa shape index (κ2) is 6.90. The van der Waals surface area contributed by atoms with E-state index < -0.39 is 23.5 Å². The second-order valence-corrected chi connectivity index (χ2v) is 5.84. The minimum absolute atomic E-state index is 0.0391. The monoisotopic (exact) mass is 372 g/mol. The zero-order valence-electron chi connectivity index (χ0n) is 13.6. The number of nitriles is 1. The van der Waals surface area contributed by atoms with Gasteiger partial charge < -0.3 is 5.73 Å². The summed E-state index contributed by atoms with van der Waals surface area (Å²) >= 11 is 0. The molecule has 0 heterocycles. The van der Waals surface area contributed by atoms with Crippen molar-refractivity contribution in [2.75, 3.05) is 5.73 Å². The van der Waals surface area contributed by atoms with E-state index in [-0.39, 0.29) is 35.7 Å². The van der Waals surface area contributed by atoms with Crippen LogP contribution in [0.4, 0.5) is 32.0 Å². The average molecular weight is 372 g/mol. The molecule has 0 fully saturated rings.